The largest absolute Gasteiger partial charge is 0.481 e. The molecule has 0 aliphatic heterocycles. The summed E-state index contributed by atoms with van der Waals surface area (Å²) in [4.78, 5) is 10.2. The van der Waals surface area contributed by atoms with Gasteiger partial charge in [-0.05, 0) is 12.8 Å². The molecule has 0 aromatic rings. The molecule has 0 fully saturated rings. The first-order valence-electron chi connectivity index (χ1n) is 5.58. The molecule has 0 rings (SSSR count). The second-order valence-electron chi connectivity index (χ2n) is 3.93. The van der Waals surface area contributed by atoms with Gasteiger partial charge in [-0.2, -0.15) is 0 Å². The second-order valence-corrected chi connectivity index (χ2v) is 5.76. The molecule has 0 unspecified atom stereocenters. The van der Waals surface area contributed by atoms with Gasteiger partial charge in [-0.3, -0.25) is 4.79 Å². The number of carbonyl (C=O) groups is 1. The van der Waals surface area contributed by atoms with Crippen LogP contribution in [0.1, 0.15) is 44.9 Å². The predicted octanol–water partition coefficient (Wildman–Crippen LogP) is 1.35. The summed E-state index contributed by atoms with van der Waals surface area (Å²) in [5.74, 6) is -0.739. The molecule has 0 aromatic carbocycles. The molecular weight excluding hydrogens is 230 g/mol. The van der Waals surface area contributed by atoms with E-state index in [4.69, 9.17) is 5.11 Å². The van der Waals surface area contributed by atoms with Crippen molar-refractivity contribution >= 4 is 16.0 Å². The zero-order chi connectivity index (χ0) is 12.4. The molecule has 0 saturated carbocycles. The Morgan fingerprint density at radius 3 is 2.06 bits per heavy atom. The first kappa shape index (κ1) is 15.4. The zero-order valence-electron chi connectivity index (χ0n) is 9.74. The van der Waals surface area contributed by atoms with Gasteiger partial charge in [0.05, 0.1) is 6.26 Å². The minimum absolute atomic E-state index is 0.246. The van der Waals surface area contributed by atoms with Crippen molar-refractivity contribution in [1.29, 1.82) is 0 Å². The lowest BCUT2D eigenvalue weighted by molar-refractivity contribution is -0.137. The van der Waals surface area contributed by atoms with E-state index in [0.29, 0.717) is 6.54 Å². The fourth-order valence-corrected chi connectivity index (χ4v) is 1.88. The Bertz CT molecular complexity index is 287. The van der Waals surface area contributed by atoms with Gasteiger partial charge in [0, 0.05) is 13.0 Å². The summed E-state index contributed by atoms with van der Waals surface area (Å²) < 4.78 is 23.8. The number of rotatable bonds is 10. The van der Waals surface area contributed by atoms with Crippen LogP contribution in [-0.2, 0) is 14.8 Å². The molecule has 96 valence electrons. The number of hydrogen-bond acceptors (Lipinski definition) is 3. The Morgan fingerprint density at radius 1 is 1.06 bits per heavy atom. The summed E-state index contributed by atoms with van der Waals surface area (Å²) in [7, 11) is -3.05. The topological polar surface area (TPSA) is 83.5 Å². The van der Waals surface area contributed by atoms with Crippen molar-refractivity contribution in [3.63, 3.8) is 0 Å². The molecule has 0 bridgehead atoms. The smallest absolute Gasteiger partial charge is 0.303 e. The summed E-state index contributed by atoms with van der Waals surface area (Å²) in [6, 6.07) is 0. The number of aliphatic carboxylic acids is 1. The molecule has 0 amide bonds. The molecule has 0 atom stereocenters. The number of carboxylic acid groups (broad SMARTS) is 1. The maximum absolute atomic E-state index is 10.7. The fourth-order valence-electron chi connectivity index (χ4n) is 1.37. The van der Waals surface area contributed by atoms with Gasteiger partial charge in [-0.25, -0.2) is 13.1 Å². The van der Waals surface area contributed by atoms with Crippen molar-refractivity contribution in [2.24, 2.45) is 0 Å². The van der Waals surface area contributed by atoms with E-state index < -0.39 is 16.0 Å². The molecule has 0 radical (unpaired) electrons. The van der Waals surface area contributed by atoms with Gasteiger partial charge in [0.1, 0.15) is 0 Å². The summed E-state index contributed by atoms with van der Waals surface area (Å²) in [6.07, 6.45) is 6.94. The van der Waals surface area contributed by atoms with Gasteiger partial charge in [0.15, 0.2) is 0 Å². The van der Waals surface area contributed by atoms with Crippen LogP contribution in [0.4, 0.5) is 0 Å². The molecule has 0 saturated heterocycles. The average Bonchev–Trinajstić information content (AvgIpc) is 2.13. The molecule has 0 aliphatic rings. The second kappa shape index (κ2) is 8.52. The predicted molar refractivity (Wildman–Crippen MR) is 62.8 cm³/mol. The third-order valence-corrected chi connectivity index (χ3v) is 2.91. The van der Waals surface area contributed by atoms with E-state index in [1.165, 1.54) is 0 Å². The lowest BCUT2D eigenvalue weighted by atomic mass is 10.1. The van der Waals surface area contributed by atoms with Crippen LogP contribution in [0, 0.1) is 0 Å². The highest BCUT2D eigenvalue weighted by Gasteiger charge is 1.99. The standard InChI is InChI=1S/C10H21NO4S/c1-16(14,15)11-9-7-5-3-2-4-6-8-10(12)13/h11H,2-9H2,1H3,(H,12,13). The van der Waals surface area contributed by atoms with Crippen LogP contribution >= 0.6 is 0 Å². The molecule has 2 N–H and O–H groups in total. The average molecular weight is 251 g/mol. The molecular formula is C10H21NO4S. The number of nitrogens with one attached hydrogen (secondary N) is 1. The number of unbranched alkanes of at least 4 members (excludes halogenated alkanes) is 5. The molecule has 16 heavy (non-hydrogen) atoms. The van der Waals surface area contributed by atoms with E-state index in [-0.39, 0.29) is 6.42 Å². The minimum atomic E-state index is -3.05. The van der Waals surface area contributed by atoms with Crippen LogP contribution in [0.25, 0.3) is 0 Å². The Labute approximate surface area is 97.3 Å². The van der Waals surface area contributed by atoms with Crippen molar-refractivity contribution in [3.8, 4) is 0 Å². The Balaban J connectivity index is 3.13. The van der Waals surface area contributed by atoms with E-state index in [9.17, 15) is 13.2 Å². The first-order chi connectivity index (χ1) is 7.42. The maximum Gasteiger partial charge on any atom is 0.303 e. The summed E-state index contributed by atoms with van der Waals surface area (Å²) >= 11 is 0. The normalized spacial score (nSPS) is 11.6. The SMILES string of the molecule is CS(=O)(=O)NCCCCCCCCC(=O)O. The Morgan fingerprint density at radius 2 is 1.56 bits per heavy atom. The van der Waals surface area contributed by atoms with Gasteiger partial charge in [-0.15, -0.1) is 0 Å². The van der Waals surface area contributed by atoms with Crippen LogP contribution in [0.2, 0.25) is 0 Å². The van der Waals surface area contributed by atoms with Gasteiger partial charge < -0.3 is 5.11 Å². The van der Waals surface area contributed by atoms with Gasteiger partial charge in [0.25, 0.3) is 0 Å². The van der Waals surface area contributed by atoms with E-state index in [1.807, 2.05) is 0 Å². The lowest BCUT2D eigenvalue weighted by Gasteiger charge is -2.02. The molecule has 0 aliphatic carbocycles. The molecule has 6 heteroatoms. The summed E-state index contributed by atoms with van der Waals surface area (Å²) in [6.45, 7) is 0.494. The molecule has 5 nitrogen and oxygen atoms in total. The van der Waals surface area contributed by atoms with Crippen molar-refractivity contribution in [3.05, 3.63) is 0 Å². The van der Waals surface area contributed by atoms with Crippen LogP contribution in [0.3, 0.4) is 0 Å². The van der Waals surface area contributed by atoms with Crippen molar-refractivity contribution in [2.75, 3.05) is 12.8 Å². The zero-order valence-corrected chi connectivity index (χ0v) is 10.6. The van der Waals surface area contributed by atoms with Crippen molar-refractivity contribution in [1.82, 2.24) is 4.72 Å². The van der Waals surface area contributed by atoms with Gasteiger partial charge in [0.2, 0.25) is 10.0 Å². The fraction of sp³-hybridized carbons (Fsp3) is 0.900. The number of hydrogen-bond donors (Lipinski definition) is 2. The number of carboxylic acids is 1. The van der Waals surface area contributed by atoms with Gasteiger partial charge in [-0.1, -0.05) is 25.7 Å². The summed E-state index contributed by atoms with van der Waals surface area (Å²) in [5.41, 5.74) is 0. The van der Waals surface area contributed by atoms with Crippen LogP contribution in [0.15, 0.2) is 0 Å². The third kappa shape index (κ3) is 13.4. The lowest BCUT2D eigenvalue weighted by Crippen LogP contribution is -2.22. The van der Waals surface area contributed by atoms with E-state index >= 15 is 0 Å². The highest BCUT2D eigenvalue weighted by Crippen LogP contribution is 2.06. The van der Waals surface area contributed by atoms with Crippen molar-refractivity contribution < 1.29 is 18.3 Å². The Kier molecular flexibility index (Phi) is 8.19. The maximum atomic E-state index is 10.7. The Hall–Kier alpha value is -0.620. The first-order valence-corrected chi connectivity index (χ1v) is 7.47. The van der Waals surface area contributed by atoms with Gasteiger partial charge >= 0.3 is 5.97 Å². The summed E-state index contributed by atoms with van der Waals surface area (Å²) in [5, 5.41) is 8.40. The minimum Gasteiger partial charge on any atom is -0.481 e. The highest BCUT2D eigenvalue weighted by atomic mass is 32.2. The molecule has 0 heterocycles. The monoisotopic (exact) mass is 251 g/mol. The highest BCUT2D eigenvalue weighted by molar-refractivity contribution is 7.88. The number of sulfonamides is 1. The molecule has 0 spiro atoms. The van der Waals surface area contributed by atoms with Crippen LogP contribution < -0.4 is 4.72 Å². The van der Waals surface area contributed by atoms with E-state index in [1.54, 1.807) is 0 Å². The van der Waals surface area contributed by atoms with Crippen molar-refractivity contribution in [2.45, 2.75) is 44.9 Å². The van der Waals surface area contributed by atoms with E-state index in [2.05, 4.69) is 4.72 Å². The quantitative estimate of drug-likeness (QED) is 0.574. The van der Waals surface area contributed by atoms with Crippen LogP contribution in [0.5, 0.6) is 0 Å². The molecule has 0 aromatic heterocycles. The van der Waals surface area contributed by atoms with E-state index in [0.717, 1.165) is 44.8 Å². The van der Waals surface area contributed by atoms with Crippen LogP contribution in [-0.4, -0.2) is 32.3 Å². The third-order valence-electron chi connectivity index (χ3n) is 2.18.